The van der Waals surface area contributed by atoms with Crippen LogP contribution in [0.25, 0.3) is 0 Å². The zero-order valence-electron chi connectivity index (χ0n) is 79.7. The van der Waals surface area contributed by atoms with Gasteiger partial charge < -0.3 is 89.8 Å². The first kappa shape index (κ1) is 122. The van der Waals surface area contributed by atoms with Gasteiger partial charge in [-0.2, -0.15) is 0 Å². The molecule has 0 saturated carbocycles. The van der Waals surface area contributed by atoms with Crippen molar-refractivity contribution in [3.8, 4) is 5.75 Å². The third kappa shape index (κ3) is 43.1. The van der Waals surface area contributed by atoms with Crippen molar-refractivity contribution in [3.63, 3.8) is 0 Å². The first-order valence-electron chi connectivity index (χ1n) is 43.8. The van der Waals surface area contributed by atoms with Crippen LogP contribution in [0.1, 0.15) is 116 Å². The highest BCUT2D eigenvalue weighted by atomic mass is 127. The van der Waals surface area contributed by atoms with E-state index in [4.69, 9.17) is 109 Å². The highest BCUT2D eigenvalue weighted by Crippen LogP contribution is 2.33. The van der Waals surface area contributed by atoms with Crippen LogP contribution < -0.4 is 89.8 Å². The predicted octanol–water partition coefficient (Wildman–Crippen LogP) is 19.3. The van der Waals surface area contributed by atoms with Crippen molar-refractivity contribution in [1.29, 1.82) is 0 Å². The number of aryl methyl sites for hydroxylation is 1. The molecule has 33 heteroatoms. The summed E-state index contributed by atoms with van der Waals surface area (Å²) in [6, 6.07) is 51.8. The summed E-state index contributed by atoms with van der Waals surface area (Å²) in [7, 11) is 1.62. The van der Waals surface area contributed by atoms with Crippen molar-refractivity contribution in [1.82, 2.24) is 0 Å². The molecule has 0 bridgehead atoms. The molecule has 132 heavy (non-hydrogen) atoms. The first-order chi connectivity index (χ1) is 62.2. The van der Waals surface area contributed by atoms with Gasteiger partial charge in [-0.3, -0.25) is 33.6 Å². The number of carbonyl (C=O) groups is 7. The van der Waals surface area contributed by atoms with Crippen molar-refractivity contribution >= 4 is 183 Å². The van der Waals surface area contributed by atoms with Gasteiger partial charge in [0, 0.05) is 205 Å². The van der Waals surface area contributed by atoms with Crippen LogP contribution in [0, 0.1) is 69.5 Å². The summed E-state index contributed by atoms with van der Waals surface area (Å²) in [6.07, 6.45) is 0. The Morgan fingerprint density at radius 3 is 0.917 bits per heavy atom. The van der Waals surface area contributed by atoms with Gasteiger partial charge in [-0.1, -0.05) is 209 Å². The molecular formula is C99H141BrCl5F2IN16O8. The van der Waals surface area contributed by atoms with Gasteiger partial charge >= 0.3 is 0 Å². The monoisotopic (exact) mass is 2100 g/mol. The van der Waals surface area contributed by atoms with E-state index in [1.165, 1.54) is 44.0 Å². The van der Waals surface area contributed by atoms with E-state index in [1.54, 1.807) is 105 Å². The van der Waals surface area contributed by atoms with Crippen LogP contribution in [-0.4, -0.2) is 153 Å². The van der Waals surface area contributed by atoms with Crippen LogP contribution in [0.3, 0.4) is 0 Å². The first-order valence-corrected chi connectivity index (χ1v) is 47.6. The lowest BCUT2D eigenvalue weighted by Gasteiger charge is -2.28. The van der Waals surface area contributed by atoms with Crippen LogP contribution in [0.4, 0.5) is 54.3 Å². The van der Waals surface area contributed by atoms with E-state index in [0.717, 1.165) is 45.2 Å². The molecule has 0 unspecified atom stereocenters. The zero-order valence-corrected chi connectivity index (χ0v) is 87.3. The quantitative estimate of drug-likeness (QED) is 0.0174. The van der Waals surface area contributed by atoms with E-state index >= 15 is 0 Å². The summed E-state index contributed by atoms with van der Waals surface area (Å²) in [6.45, 7) is 44.2. The van der Waals surface area contributed by atoms with Crippen molar-refractivity contribution in [2.24, 2.45) is 93.2 Å². The summed E-state index contributed by atoms with van der Waals surface area (Å²) in [5, 5.41) is 1.95. The number of amides is 7. The Hall–Kier alpha value is -8.41. The molecule has 0 heterocycles. The van der Waals surface area contributed by atoms with Crippen LogP contribution in [-0.2, 0) is 33.6 Å². The number of halogens is 9. The minimum absolute atomic E-state index is 0.000303. The number of hydrogen-bond donors (Lipinski definition) is 8. The zero-order chi connectivity index (χ0) is 100. The average molecular weight is 2110 g/mol. The molecule has 0 atom stereocenters. The maximum Gasteiger partial charge on any atom is 0.229 e. The Bertz CT molecular complexity index is 4400. The van der Waals surface area contributed by atoms with Crippen molar-refractivity contribution in [2.75, 3.05) is 151 Å². The molecular weight excluding hydrogens is 1960 g/mol. The molecule has 0 radical (unpaired) electrons. The number of rotatable bonds is 34. The topological polar surface area (TPSA) is 363 Å². The highest BCUT2D eigenvalue weighted by Gasteiger charge is 2.26. The SMILES string of the molecule is C=C(C(C)C)N(CCN)c1ccc(I)cc1.CC(C)C(=O)N(CCN)c1ccc(Br)cc1.CC(C)C(=O)N(CCN)c1ccc(Cl)c(Cl)c1.CC(C)C(=O)N(CCN)c1ccc(Cl)c(F)c1.CC(C)C(=O)N(CCN)c1ccc(Cl)cc1Cl.CC(C)C(=O)N(CCN)c1ccc(F)cc1.COc1ccc(N(CCN)C(=O)C(C)C)cc1.Cc1ccc(N(CCN)C(=O)C(C)C)cc1. The fourth-order valence-electron chi connectivity index (χ4n) is 11.9. The third-order valence-electron chi connectivity index (χ3n) is 18.9. The second-order valence-electron chi connectivity index (χ2n) is 32.4. The fraction of sp³-hybridized carbons (Fsp3) is 0.424. The van der Waals surface area contributed by atoms with Crippen LogP contribution in [0.5, 0.6) is 5.75 Å². The van der Waals surface area contributed by atoms with Gasteiger partial charge in [-0.05, 0) is 199 Å². The molecule has 0 aliphatic carbocycles. The van der Waals surface area contributed by atoms with Crippen LogP contribution in [0.2, 0.25) is 25.1 Å². The Kier molecular flexibility index (Phi) is 60.2. The van der Waals surface area contributed by atoms with E-state index in [2.05, 4.69) is 88.1 Å². The van der Waals surface area contributed by atoms with Gasteiger partial charge in [-0.15, -0.1) is 0 Å². The van der Waals surface area contributed by atoms with Crippen LogP contribution in [0.15, 0.2) is 193 Å². The normalized spacial score (nSPS) is 10.6. The molecule has 0 aromatic heterocycles. The maximum absolute atomic E-state index is 13.3. The Morgan fingerprint density at radius 1 is 0.333 bits per heavy atom. The summed E-state index contributed by atoms with van der Waals surface area (Å²) in [5.41, 5.74) is 52.9. The molecule has 0 aliphatic rings. The highest BCUT2D eigenvalue weighted by molar-refractivity contribution is 14.1. The van der Waals surface area contributed by atoms with Gasteiger partial charge in [0.15, 0.2) is 0 Å². The van der Waals surface area contributed by atoms with Gasteiger partial charge in [0.25, 0.3) is 0 Å². The molecule has 8 rings (SSSR count). The summed E-state index contributed by atoms with van der Waals surface area (Å²) < 4.78 is 33.4. The fourth-order valence-corrected chi connectivity index (χ4v) is 13.4. The summed E-state index contributed by atoms with van der Waals surface area (Å²) in [5.74, 6) is 0.0822. The molecule has 728 valence electrons. The van der Waals surface area contributed by atoms with Gasteiger partial charge in [0.2, 0.25) is 41.4 Å². The Morgan fingerprint density at radius 2 is 0.606 bits per heavy atom. The van der Waals surface area contributed by atoms with E-state index in [-0.39, 0.29) is 93.6 Å². The van der Waals surface area contributed by atoms with Gasteiger partial charge in [0.1, 0.15) is 17.4 Å². The smallest absolute Gasteiger partial charge is 0.229 e. The lowest BCUT2D eigenvalue weighted by Crippen LogP contribution is -2.38. The number of hydrogen-bond acceptors (Lipinski definition) is 17. The van der Waals surface area contributed by atoms with E-state index in [1.807, 2.05) is 163 Å². The average Bonchev–Trinajstić information content (AvgIpc) is 0.840. The molecule has 0 saturated heterocycles. The van der Waals surface area contributed by atoms with Gasteiger partial charge in [0.05, 0.1) is 32.9 Å². The second kappa shape index (κ2) is 65.3. The van der Waals surface area contributed by atoms with E-state index in [9.17, 15) is 42.3 Å². The number of ether oxygens (including phenoxy) is 1. The number of allylic oxidation sites excluding steroid dienone is 1. The number of nitrogens with zero attached hydrogens (tertiary/aromatic N) is 8. The minimum Gasteiger partial charge on any atom is -0.497 e. The predicted molar refractivity (Wildman–Crippen MR) is 562 cm³/mol. The molecule has 7 amide bonds. The van der Waals surface area contributed by atoms with Crippen molar-refractivity contribution in [3.05, 3.63) is 239 Å². The van der Waals surface area contributed by atoms with Crippen molar-refractivity contribution < 1.29 is 47.1 Å². The molecule has 0 spiro atoms. The number of nitrogens with two attached hydrogens (primary N) is 8. The molecule has 0 aliphatic heterocycles. The maximum atomic E-state index is 13.3. The lowest BCUT2D eigenvalue weighted by atomic mass is 10.1. The minimum atomic E-state index is -0.539. The Labute approximate surface area is 830 Å². The molecule has 24 nitrogen and oxygen atoms in total. The van der Waals surface area contributed by atoms with Crippen LogP contribution >= 0.6 is 96.5 Å². The van der Waals surface area contributed by atoms with Crippen molar-refractivity contribution in [2.45, 2.75) is 118 Å². The standard InChI is InChI=1S/C13H19IN2.C13H20N2O2.C13H20N2O.C12H17BrN2O.2C12H16Cl2N2O.C12H16ClFN2O.C12H17FN2O/c1-10(2)11(3)16(9-8-15)13-6-4-12(14)5-7-13;1-10(2)13(16)15(9-8-14)11-4-6-12(17-3)7-5-11;1-10(2)13(16)15(9-8-14)12-6-4-11(3)5-7-12;1-9(2)12(16)15(8-7-14)11-5-3-10(13)4-6-11;1-8(2)12(17)16(6-5-15)11-4-3-9(13)7-10(11)14;2*1-8(2)12(17)16(6-5-15)9-3-4-10(13)11(14)7-9;1-9(2)12(16)15(8-7-14)11-5-3-10(13)4-6-11/h4-7,10H,3,8-9,15H2,1-2H3;4-7,10H,8-9,14H2,1-3H3;4-7,10H,8-9,14H2,1-3H3;3-6,9H,7-8,14H2,1-2H3;3*3-4,7-8H,5-6,15H2,1-2H3;3-6,9H,7-8,14H2,1-2H3. The number of carbonyl (C=O) groups excluding carboxylic acids is 7. The van der Waals surface area contributed by atoms with E-state index < -0.39 is 5.82 Å². The third-order valence-corrected chi connectivity index (χ3v) is 21.8. The molecule has 0 fully saturated rings. The summed E-state index contributed by atoms with van der Waals surface area (Å²) >= 11 is 35.0. The number of methoxy groups -OCH3 is 1. The van der Waals surface area contributed by atoms with Gasteiger partial charge in [-0.25, -0.2) is 8.78 Å². The second-order valence-corrected chi connectivity index (χ2v) is 36.6. The number of anilines is 8. The largest absolute Gasteiger partial charge is 0.497 e. The molecule has 16 N–H and O–H groups in total. The Balaban J connectivity index is 0.000000754. The molecule has 8 aromatic rings. The van der Waals surface area contributed by atoms with E-state index in [0.29, 0.717) is 141 Å². The lowest BCUT2D eigenvalue weighted by molar-refractivity contribution is -0.122. The molecule has 8 aromatic carbocycles. The number of benzene rings is 8. The summed E-state index contributed by atoms with van der Waals surface area (Å²) in [4.78, 5) is 97.6.